The van der Waals surface area contributed by atoms with Crippen LogP contribution >= 0.6 is 0 Å². The summed E-state index contributed by atoms with van der Waals surface area (Å²) in [4.78, 5) is 26.4. The second-order valence-corrected chi connectivity index (χ2v) is 6.76. The number of hydrogen-bond acceptors (Lipinski definition) is 6. The first kappa shape index (κ1) is 17.7. The molecule has 0 N–H and O–H groups in total. The standard InChI is InChI=1S/C20H24N4O3/c1-26-16-6-4-15(5-7-16)18-21-14-17(19(22-18)23-8-2-3-9-23)20(25)24-10-12-27-13-11-24/h4-7,14H,2-3,8-13H2,1H3. The zero-order valence-electron chi connectivity index (χ0n) is 15.6. The molecule has 2 aliphatic heterocycles. The van der Waals surface area contributed by atoms with Crippen molar-refractivity contribution in [2.45, 2.75) is 12.8 Å². The SMILES string of the molecule is COc1ccc(-c2ncc(C(=O)N3CCOCC3)c(N3CCCC3)n2)cc1. The third-order valence-corrected chi connectivity index (χ3v) is 5.05. The first-order valence-electron chi connectivity index (χ1n) is 9.40. The lowest BCUT2D eigenvalue weighted by molar-refractivity contribution is 0.0303. The van der Waals surface area contributed by atoms with Crippen molar-refractivity contribution < 1.29 is 14.3 Å². The van der Waals surface area contributed by atoms with Crippen molar-refractivity contribution >= 4 is 11.7 Å². The van der Waals surface area contributed by atoms with Crippen molar-refractivity contribution in [1.82, 2.24) is 14.9 Å². The molecule has 1 aromatic heterocycles. The van der Waals surface area contributed by atoms with E-state index in [4.69, 9.17) is 14.5 Å². The van der Waals surface area contributed by atoms with Crippen LogP contribution in [0.4, 0.5) is 5.82 Å². The van der Waals surface area contributed by atoms with Gasteiger partial charge < -0.3 is 19.3 Å². The molecule has 4 rings (SSSR count). The van der Waals surface area contributed by atoms with E-state index in [-0.39, 0.29) is 5.91 Å². The molecule has 0 saturated carbocycles. The maximum atomic E-state index is 13.1. The molecule has 7 heteroatoms. The predicted octanol–water partition coefficient (Wildman–Crippen LogP) is 2.22. The Balaban J connectivity index is 1.69. The van der Waals surface area contributed by atoms with Crippen LogP contribution in [0.3, 0.4) is 0 Å². The number of methoxy groups -OCH3 is 1. The average molecular weight is 368 g/mol. The topological polar surface area (TPSA) is 67.8 Å². The molecule has 27 heavy (non-hydrogen) atoms. The van der Waals surface area contributed by atoms with Crippen LogP contribution in [0.25, 0.3) is 11.4 Å². The fourth-order valence-corrected chi connectivity index (χ4v) is 3.51. The summed E-state index contributed by atoms with van der Waals surface area (Å²) in [6.45, 7) is 4.22. The van der Waals surface area contributed by atoms with Crippen LogP contribution in [0.5, 0.6) is 5.75 Å². The molecule has 0 aliphatic carbocycles. The second-order valence-electron chi connectivity index (χ2n) is 6.76. The van der Waals surface area contributed by atoms with E-state index in [2.05, 4.69) is 9.88 Å². The van der Waals surface area contributed by atoms with Gasteiger partial charge in [0.1, 0.15) is 17.1 Å². The van der Waals surface area contributed by atoms with Crippen molar-refractivity contribution in [2.24, 2.45) is 0 Å². The van der Waals surface area contributed by atoms with Gasteiger partial charge in [0, 0.05) is 37.9 Å². The predicted molar refractivity (Wildman–Crippen MR) is 102 cm³/mol. The van der Waals surface area contributed by atoms with Gasteiger partial charge in [-0.15, -0.1) is 0 Å². The summed E-state index contributed by atoms with van der Waals surface area (Å²) in [6, 6.07) is 7.65. The van der Waals surface area contributed by atoms with Gasteiger partial charge in [-0.05, 0) is 37.1 Å². The Hall–Kier alpha value is -2.67. The van der Waals surface area contributed by atoms with E-state index in [1.807, 2.05) is 29.2 Å². The Morgan fingerprint density at radius 2 is 1.78 bits per heavy atom. The van der Waals surface area contributed by atoms with Crippen LogP contribution in [0.1, 0.15) is 23.2 Å². The van der Waals surface area contributed by atoms with E-state index < -0.39 is 0 Å². The fraction of sp³-hybridized carbons (Fsp3) is 0.450. The van der Waals surface area contributed by atoms with Gasteiger partial charge in [0.25, 0.3) is 5.91 Å². The molecule has 2 aliphatic rings. The van der Waals surface area contributed by atoms with E-state index in [9.17, 15) is 4.79 Å². The molecule has 0 atom stereocenters. The number of rotatable bonds is 4. The summed E-state index contributed by atoms with van der Waals surface area (Å²) in [5.74, 6) is 2.14. The van der Waals surface area contributed by atoms with Crippen LogP contribution in [0.2, 0.25) is 0 Å². The Kier molecular flexibility index (Phi) is 5.20. The molecule has 0 spiro atoms. The summed E-state index contributed by atoms with van der Waals surface area (Å²) in [6.07, 6.45) is 3.91. The molecule has 3 heterocycles. The number of aromatic nitrogens is 2. The summed E-state index contributed by atoms with van der Waals surface area (Å²) in [5, 5.41) is 0. The smallest absolute Gasteiger partial charge is 0.259 e. The van der Waals surface area contributed by atoms with Crippen molar-refractivity contribution in [3.63, 3.8) is 0 Å². The molecule has 142 valence electrons. The molecular formula is C20H24N4O3. The summed E-state index contributed by atoms with van der Waals surface area (Å²) >= 11 is 0. The largest absolute Gasteiger partial charge is 0.497 e. The zero-order chi connectivity index (χ0) is 18.6. The quantitative estimate of drug-likeness (QED) is 0.824. The van der Waals surface area contributed by atoms with Crippen molar-refractivity contribution in [3.05, 3.63) is 36.0 Å². The number of morpholine rings is 1. The Labute approximate surface area is 158 Å². The van der Waals surface area contributed by atoms with E-state index in [1.54, 1.807) is 13.3 Å². The van der Waals surface area contributed by atoms with Crippen LogP contribution in [0.15, 0.2) is 30.5 Å². The zero-order valence-corrected chi connectivity index (χ0v) is 15.6. The summed E-state index contributed by atoms with van der Waals surface area (Å²) in [5.41, 5.74) is 1.48. The van der Waals surface area contributed by atoms with Gasteiger partial charge in [-0.1, -0.05) is 0 Å². The van der Waals surface area contributed by atoms with Gasteiger partial charge in [-0.2, -0.15) is 0 Å². The number of carbonyl (C=O) groups is 1. The number of ether oxygens (including phenoxy) is 2. The van der Waals surface area contributed by atoms with Gasteiger partial charge in [-0.3, -0.25) is 4.79 Å². The molecule has 0 bridgehead atoms. The van der Waals surface area contributed by atoms with Crippen LogP contribution in [0, 0.1) is 0 Å². The number of benzene rings is 1. The van der Waals surface area contributed by atoms with Crippen LogP contribution in [-0.2, 0) is 4.74 Å². The van der Waals surface area contributed by atoms with E-state index in [1.165, 1.54) is 0 Å². The minimum Gasteiger partial charge on any atom is -0.497 e. The molecule has 2 aromatic rings. The molecule has 7 nitrogen and oxygen atoms in total. The molecule has 1 aromatic carbocycles. The number of nitrogens with zero attached hydrogens (tertiary/aromatic N) is 4. The van der Waals surface area contributed by atoms with Gasteiger partial charge in [0.05, 0.1) is 20.3 Å². The third-order valence-electron chi connectivity index (χ3n) is 5.05. The lowest BCUT2D eigenvalue weighted by Crippen LogP contribution is -2.41. The monoisotopic (exact) mass is 368 g/mol. The molecule has 0 radical (unpaired) electrons. The highest BCUT2D eigenvalue weighted by molar-refractivity contribution is 5.99. The fourth-order valence-electron chi connectivity index (χ4n) is 3.51. The van der Waals surface area contributed by atoms with Gasteiger partial charge in [0.15, 0.2) is 5.82 Å². The average Bonchev–Trinajstić information content (AvgIpc) is 3.28. The van der Waals surface area contributed by atoms with Gasteiger partial charge in [0.2, 0.25) is 0 Å². The Morgan fingerprint density at radius 3 is 2.44 bits per heavy atom. The molecule has 1 amide bonds. The summed E-state index contributed by atoms with van der Waals surface area (Å²) < 4.78 is 10.6. The third kappa shape index (κ3) is 3.73. The Bertz CT molecular complexity index is 797. The van der Waals surface area contributed by atoms with Crippen LogP contribution in [-0.4, -0.2) is 67.3 Å². The number of carbonyl (C=O) groups excluding carboxylic acids is 1. The van der Waals surface area contributed by atoms with Crippen molar-refractivity contribution in [3.8, 4) is 17.1 Å². The Morgan fingerprint density at radius 1 is 1.07 bits per heavy atom. The normalized spacial score (nSPS) is 17.2. The van der Waals surface area contributed by atoms with Crippen molar-refractivity contribution in [1.29, 1.82) is 0 Å². The van der Waals surface area contributed by atoms with Gasteiger partial charge >= 0.3 is 0 Å². The maximum Gasteiger partial charge on any atom is 0.259 e. The van der Waals surface area contributed by atoms with Crippen molar-refractivity contribution in [2.75, 3.05) is 51.4 Å². The second kappa shape index (κ2) is 7.92. The lowest BCUT2D eigenvalue weighted by Gasteiger charge is -2.28. The minimum atomic E-state index is -0.0125. The van der Waals surface area contributed by atoms with Crippen LogP contribution < -0.4 is 9.64 Å². The lowest BCUT2D eigenvalue weighted by atomic mass is 10.2. The molecule has 2 fully saturated rings. The summed E-state index contributed by atoms with van der Waals surface area (Å²) in [7, 11) is 1.64. The highest BCUT2D eigenvalue weighted by Gasteiger charge is 2.26. The number of hydrogen-bond donors (Lipinski definition) is 0. The molecule has 2 saturated heterocycles. The van der Waals surface area contributed by atoms with E-state index in [0.717, 1.165) is 43.1 Å². The maximum absolute atomic E-state index is 13.1. The first-order valence-corrected chi connectivity index (χ1v) is 9.40. The first-order chi connectivity index (χ1) is 13.3. The molecule has 0 unspecified atom stereocenters. The van der Waals surface area contributed by atoms with E-state index >= 15 is 0 Å². The number of anilines is 1. The highest BCUT2D eigenvalue weighted by Crippen LogP contribution is 2.27. The minimum absolute atomic E-state index is 0.0125. The van der Waals surface area contributed by atoms with Gasteiger partial charge in [-0.25, -0.2) is 9.97 Å². The van der Waals surface area contributed by atoms with E-state index in [0.29, 0.717) is 37.7 Å². The highest BCUT2D eigenvalue weighted by atomic mass is 16.5. The molecular weight excluding hydrogens is 344 g/mol. The number of amides is 1.